The molecular formula is C12H19N3. The van der Waals surface area contributed by atoms with Gasteiger partial charge in [-0.15, -0.1) is 0 Å². The third kappa shape index (κ3) is 1.81. The molecule has 3 heteroatoms. The summed E-state index contributed by atoms with van der Waals surface area (Å²) in [7, 11) is 0. The van der Waals surface area contributed by atoms with Crippen molar-refractivity contribution in [3.63, 3.8) is 0 Å². The van der Waals surface area contributed by atoms with E-state index in [9.17, 15) is 0 Å². The maximum absolute atomic E-state index is 4.50. The molecule has 0 radical (unpaired) electrons. The van der Waals surface area contributed by atoms with Crippen LogP contribution in [0.1, 0.15) is 37.1 Å². The van der Waals surface area contributed by atoms with Gasteiger partial charge in [0.05, 0.1) is 12.0 Å². The number of rotatable bonds is 2. The summed E-state index contributed by atoms with van der Waals surface area (Å²) in [5.41, 5.74) is 2.76. The van der Waals surface area contributed by atoms with Crippen molar-refractivity contribution in [3.05, 3.63) is 17.7 Å². The van der Waals surface area contributed by atoms with E-state index in [1.165, 1.54) is 43.6 Å². The molecule has 1 saturated carbocycles. The molecule has 0 bridgehead atoms. The van der Waals surface area contributed by atoms with Crippen LogP contribution in [-0.2, 0) is 19.5 Å². The van der Waals surface area contributed by atoms with Gasteiger partial charge < -0.3 is 9.88 Å². The molecule has 1 aliphatic heterocycles. The topological polar surface area (TPSA) is 29.9 Å². The lowest BCUT2D eigenvalue weighted by Gasteiger charge is -2.17. The molecule has 3 nitrogen and oxygen atoms in total. The molecule has 15 heavy (non-hydrogen) atoms. The standard InChI is InChI=1S/C12H19N3/c1-2-4-10(3-1)8-15-9-14-11-7-13-6-5-12(11)15/h9-10,13H,1-8H2. The van der Waals surface area contributed by atoms with E-state index >= 15 is 0 Å². The van der Waals surface area contributed by atoms with Crippen LogP contribution in [0, 0.1) is 5.92 Å². The molecule has 2 heterocycles. The number of nitrogens with zero attached hydrogens (tertiary/aromatic N) is 2. The lowest BCUT2D eigenvalue weighted by atomic mass is 10.1. The molecule has 1 fully saturated rings. The van der Waals surface area contributed by atoms with Crippen molar-refractivity contribution in [1.29, 1.82) is 0 Å². The Morgan fingerprint density at radius 2 is 2.27 bits per heavy atom. The Morgan fingerprint density at radius 1 is 1.40 bits per heavy atom. The first-order chi connectivity index (χ1) is 7.43. The van der Waals surface area contributed by atoms with Gasteiger partial charge in [-0.2, -0.15) is 0 Å². The normalized spacial score (nSPS) is 21.9. The van der Waals surface area contributed by atoms with Gasteiger partial charge >= 0.3 is 0 Å². The van der Waals surface area contributed by atoms with Crippen molar-refractivity contribution in [2.45, 2.75) is 45.2 Å². The third-order valence-electron chi connectivity index (χ3n) is 3.79. The van der Waals surface area contributed by atoms with Crippen LogP contribution in [0.3, 0.4) is 0 Å². The van der Waals surface area contributed by atoms with E-state index in [4.69, 9.17) is 0 Å². The first-order valence-electron chi connectivity index (χ1n) is 6.17. The summed E-state index contributed by atoms with van der Waals surface area (Å²) in [6, 6.07) is 0. The molecule has 1 aromatic rings. The summed E-state index contributed by atoms with van der Waals surface area (Å²) in [6.07, 6.45) is 8.92. The maximum Gasteiger partial charge on any atom is 0.0952 e. The zero-order chi connectivity index (χ0) is 10.1. The van der Waals surface area contributed by atoms with E-state index < -0.39 is 0 Å². The van der Waals surface area contributed by atoms with Crippen molar-refractivity contribution in [2.75, 3.05) is 6.54 Å². The molecular weight excluding hydrogens is 186 g/mol. The zero-order valence-electron chi connectivity index (χ0n) is 9.21. The van der Waals surface area contributed by atoms with E-state index in [1.807, 2.05) is 0 Å². The fraction of sp³-hybridized carbons (Fsp3) is 0.750. The van der Waals surface area contributed by atoms with Gasteiger partial charge in [0.15, 0.2) is 0 Å². The largest absolute Gasteiger partial charge is 0.334 e. The van der Waals surface area contributed by atoms with Gasteiger partial charge in [-0.3, -0.25) is 0 Å². The second-order valence-corrected chi connectivity index (χ2v) is 4.87. The molecule has 1 N–H and O–H groups in total. The van der Waals surface area contributed by atoms with Crippen molar-refractivity contribution >= 4 is 0 Å². The summed E-state index contributed by atoms with van der Waals surface area (Å²) in [5, 5.41) is 3.37. The van der Waals surface area contributed by atoms with Gasteiger partial charge in [-0.25, -0.2) is 4.98 Å². The van der Waals surface area contributed by atoms with Crippen LogP contribution in [-0.4, -0.2) is 16.1 Å². The summed E-state index contributed by atoms with van der Waals surface area (Å²) in [6.45, 7) is 3.29. The summed E-state index contributed by atoms with van der Waals surface area (Å²) in [5.74, 6) is 0.915. The number of hydrogen-bond acceptors (Lipinski definition) is 2. The van der Waals surface area contributed by atoms with Crippen molar-refractivity contribution in [1.82, 2.24) is 14.9 Å². The first kappa shape index (κ1) is 9.40. The van der Waals surface area contributed by atoms with Crippen molar-refractivity contribution in [2.24, 2.45) is 5.92 Å². The van der Waals surface area contributed by atoms with Gasteiger partial charge in [0, 0.05) is 31.7 Å². The lowest BCUT2D eigenvalue weighted by Crippen LogP contribution is -2.25. The highest BCUT2D eigenvalue weighted by Gasteiger charge is 2.19. The van der Waals surface area contributed by atoms with Gasteiger partial charge in [0.25, 0.3) is 0 Å². The molecule has 0 aromatic carbocycles. The van der Waals surface area contributed by atoms with Gasteiger partial charge in [-0.05, 0) is 18.8 Å². The van der Waals surface area contributed by atoms with Crippen molar-refractivity contribution in [3.8, 4) is 0 Å². The van der Waals surface area contributed by atoms with E-state index in [1.54, 1.807) is 0 Å². The number of fused-ring (bicyclic) bond motifs is 1. The third-order valence-corrected chi connectivity index (χ3v) is 3.79. The van der Waals surface area contributed by atoms with Gasteiger partial charge in [0.2, 0.25) is 0 Å². The second-order valence-electron chi connectivity index (χ2n) is 4.87. The van der Waals surface area contributed by atoms with Crippen LogP contribution < -0.4 is 5.32 Å². The molecule has 1 aromatic heterocycles. The minimum absolute atomic E-state index is 0.915. The molecule has 1 aliphatic carbocycles. The van der Waals surface area contributed by atoms with Gasteiger partial charge in [0.1, 0.15) is 0 Å². The predicted molar refractivity (Wildman–Crippen MR) is 59.6 cm³/mol. The van der Waals surface area contributed by atoms with Gasteiger partial charge in [-0.1, -0.05) is 12.8 Å². The molecule has 2 aliphatic rings. The fourth-order valence-electron chi connectivity index (χ4n) is 2.93. The van der Waals surface area contributed by atoms with E-state index in [0.29, 0.717) is 0 Å². The summed E-state index contributed by atoms with van der Waals surface area (Å²) in [4.78, 5) is 4.50. The summed E-state index contributed by atoms with van der Waals surface area (Å²) < 4.78 is 2.41. The van der Waals surface area contributed by atoms with Crippen LogP contribution in [0.15, 0.2) is 6.33 Å². The second kappa shape index (κ2) is 3.97. The average Bonchev–Trinajstić information content (AvgIpc) is 2.89. The minimum atomic E-state index is 0.915. The zero-order valence-corrected chi connectivity index (χ0v) is 9.21. The SMILES string of the molecule is c1nc2c(n1CC1CCCC1)CCNC2. The van der Waals surface area contributed by atoms with Crippen LogP contribution in [0.25, 0.3) is 0 Å². The number of imidazole rings is 1. The van der Waals surface area contributed by atoms with E-state index in [2.05, 4.69) is 21.2 Å². The minimum Gasteiger partial charge on any atom is -0.334 e. The highest BCUT2D eigenvalue weighted by atomic mass is 15.1. The molecule has 0 unspecified atom stereocenters. The molecule has 0 saturated heterocycles. The van der Waals surface area contributed by atoms with Crippen LogP contribution in [0.2, 0.25) is 0 Å². The Balaban J connectivity index is 1.76. The molecule has 3 rings (SSSR count). The number of hydrogen-bond donors (Lipinski definition) is 1. The molecule has 0 amide bonds. The van der Waals surface area contributed by atoms with Crippen LogP contribution in [0.5, 0.6) is 0 Å². The van der Waals surface area contributed by atoms with Crippen LogP contribution >= 0.6 is 0 Å². The average molecular weight is 205 g/mol. The Morgan fingerprint density at radius 3 is 3.13 bits per heavy atom. The molecule has 82 valence electrons. The number of aromatic nitrogens is 2. The van der Waals surface area contributed by atoms with Crippen LogP contribution in [0.4, 0.5) is 0 Å². The lowest BCUT2D eigenvalue weighted by molar-refractivity contribution is 0.443. The van der Waals surface area contributed by atoms with Crippen molar-refractivity contribution < 1.29 is 0 Å². The molecule has 0 atom stereocenters. The Bertz CT molecular complexity index is 337. The summed E-state index contributed by atoms with van der Waals surface area (Å²) >= 11 is 0. The fourth-order valence-corrected chi connectivity index (χ4v) is 2.93. The Labute approximate surface area is 90.9 Å². The Hall–Kier alpha value is -0.830. The highest BCUT2D eigenvalue weighted by molar-refractivity contribution is 5.16. The van der Waals surface area contributed by atoms with E-state index in [-0.39, 0.29) is 0 Å². The first-order valence-corrected chi connectivity index (χ1v) is 6.17. The monoisotopic (exact) mass is 205 g/mol. The number of nitrogens with one attached hydrogen (secondary N) is 1. The maximum atomic E-state index is 4.50. The molecule has 0 spiro atoms. The Kier molecular flexibility index (Phi) is 2.49. The van der Waals surface area contributed by atoms with E-state index in [0.717, 1.165) is 25.4 Å². The quantitative estimate of drug-likeness (QED) is 0.796. The smallest absolute Gasteiger partial charge is 0.0952 e. The highest BCUT2D eigenvalue weighted by Crippen LogP contribution is 2.27. The predicted octanol–water partition coefficient (Wildman–Crippen LogP) is 1.72.